The van der Waals surface area contributed by atoms with Crippen molar-refractivity contribution in [2.45, 2.75) is 45.2 Å². The van der Waals surface area contributed by atoms with Crippen LogP contribution in [0, 0.1) is 5.41 Å². The third-order valence-electron chi connectivity index (χ3n) is 6.27. The van der Waals surface area contributed by atoms with Gasteiger partial charge in [-0.25, -0.2) is 9.50 Å². The molecule has 1 atom stereocenters. The lowest BCUT2D eigenvalue weighted by Crippen LogP contribution is -2.43. The molecule has 4 heterocycles. The zero-order valence-corrected chi connectivity index (χ0v) is 16.4. The predicted octanol–water partition coefficient (Wildman–Crippen LogP) is 1.54. The van der Waals surface area contributed by atoms with Crippen molar-refractivity contribution in [3.05, 3.63) is 30.2 Å². The summed E-state index contributed by atoms with van der Waals surface area (Å²) < 4.78 is 1.74. The number of amides is 1. The molecule has 0 saturated carbocycles. The van der Waals surface area contributed by atoms with E-state index < -0.39 is 0 Å². The Labute approximate surface area is 160 Å². The van der Waals surface area contributed by atoms with E-state index in [1.54, 1.807) is 16.9 Å². The van der Waals surface area contributed by atoms with Crippen molar-refractivity contribution < 1.29 is 4.79 Å². The van der Waals surface area contributed by atoms with Crippen LogP contribution >= 0.6 is 0 Å². The number of likely N-dealkylation sites (tertiary alicyclic amines) is 2. The van der Waals surface area contributed by atoms with Crippen LogP contribution in [0.1, 0.15) is 38.2 Å². The van der Waals surface area contributed by atoms with Crippen LogP contribution in [-0.2, 0) is 11.3 Å². The van der Waals surface area contributed by atoms with Crippen molar-refractivity contribution in [2.24, 2.45) is 5.41 Å². The fraction of sp³-hybridized carbons (Fsp3) is 0.650. The summed E-state index contributed by atoms with van der Waals surface area (Å²) in [7, 11) is 2.19. The molecule has 2 aliphatic heterocycles. The molecule has 4 rings (SSSR count). The molecule has 27 heavy (non-hydrogen) atoms. The van der Waals surface area contributed by atoms with Crippen molar-refractivity contribution in [1.82, 2.24) is 29.7 Å². The molecule has 0 aromatic carbocycles. The Morgan fingerprint density at radius 1 is 1.37 bits per heavy atom. The van der Waals surface area contributed by atoms with Gasteiger partial charge in [0.2, 0.25) is 5.91 Å². The van der Waals surface area contributed by atoms with Crippen molar-refractivity contribution in [3.8, 4) is 0 Å². The van der Waals surface area contributed by atoms with Gasteiger partial charge >= 0.3 is 0 Å². The normalized spacial score (nSPS) is 23.3. The van der Waals surface area contributed by atoms with Gasteiger partial charge < -0.3 is 10.2 Å². The minimum atomic E-state index is -0.0110. The molecule has 1 N–H and O–H groups in total. The van der Waals surface area contributed by atoms with Crippen LogP contribution in [0.2, 0.25) is 0 Å². The van der Waals surface area contributed by atoms with Crippen LogP contribution in [0.4, 0.5) is 0 Å². The van der Waals surface area contributed by atoms with Gasteiger partial charge in [-0.3, -0.25) is 9.69 Å². The number of hydrogen-bond donors (Lipinski definition) is 1. The second-order valence-electron chi connectivity index (χ2n) is 8.27. The third kappa shape index (κ3) is 3.71. The minimum absolute atomic E-state index is 0.0110. The Kier molecular flexibility index (Phi) is 5.14. The first-order valence-corrected chi connectivity index (χ1v) is 10.1. The molecule has 2 aromatic heterocycles. The number of piperidine rings is 1. The Hall–Kier alpha value is -1.99. The van der Waals surface area contributed by atoms with E-state index in [2.05, 4.69) is 39.2 Å². The van der Waals surface area contributed by atoms with Crippen LogP contribution in [0.5, 0.6) is 0 Å². The molecule has 2 aliphatic rings. The maximum atomic E-state index is 13.0. The van der Waals surface area contributed by atoms with Crippen molar-refractivity contribution >= 4 is 11.6 Å². The first-order chi connectivity index (χ1) is 13.1. The number of hydrogen-bond acceptors (Lipinski definition) is 5. The van der Waals surface area contributed by atoms with E-state index in [0.717, 1.165) is 50.2 Å². The smallest absolute Gasteiger partial charge is 0.237 e. The summed E-state index contributed by atoms with van der Waals surface area (Å²) in [4.78, 5) is 22.2. The van der Waals surface area contributed by atoms with Crippen molar-refractivity contribution in [1.29, 1.82) is 0 Å². The lowest BCUT2D eigenvalue weighted by atomic mass is 9.76. The predicted molar refractivity (Wildman–Crippen MR) is 104 cm³/mol. The molecule has 1 amide bonds. The van der Waals surface area contributed by atoms with E-state index in [1.165, 1.54) is 12.8 Å². The number of nitrogens with zero attached hydrogens (tertiary/aromatic N) is 5. The van der Waals surface area contributed by atoms with Crippen LogP contribution < -0.4 is 5.32 Å². The van der Waals surface area contributed by atoms with E-state index >= 15 is 0 Å². The number of fused-ring (bicyclic) bond motifs is 1. The van der Waals surface area contributed by atoms with Crippen LogP contribution in [0.15, 0.2) is 24.7 Å². The zero-order valence-electron chi connectivity index (χ0n) is 16.4. The molecule has 146 valence electrons. The van der Waals surface area contributed by atoms with Gasteiger partial charge in [0.25, 0.3) is 0 Å². The summed E-state index contributed by atoms with van der Waals surface area (Å²) in [5, 5.41) is 7.46. The summed E-state index contributed by atoms with van der Waals surface area (Å²) in [6.45, 7) is 7.01. The highest BCUT2D eigenvalue weighted by Gasteiger charge is 2.47. The fourth-order valence-corrected chi connectivity index (χ4v) is 4.68. The quantitative estimate of drug-likeness (QED) is 0.865. The second kappa shape index (κ2) is 7.56. The van der Waals surface area contributed by atoms with Gasteiger partial charge in [0.1, 0.15) is 0 Å². The molecule has 0 bridgehead atoms. The zero-order chi connectivity index (χ0) is 18.9. The lowest BCUT2D eigenvalue weighted by Gasteiger charge is -2.37. The van der Waals surface area contributed by atoms with Crippen LogP contribution in [0.25, 0.3) is 5.65 Å². The fourth-order valence-electron chi connectivity index (χ4n) is 4.68. The van der Waals surface area contributed by atoms with Gasteiger partial charge in [0, 0.05) is 31.0 Å². The highest BCUT2D eigenvalue weighted by molar-refractivity contribution is 5.82. The summed E-state index contributed by atoms with van der Waals surface area (Å²) in [6.07, 6.45) is 9.89. The van der Waals surface area contributed by atoms with Gasteiger partial charge in [0.15, 0.2) is 5.65 Å². The van der Waals surface area contributed by atoms with Gasteiger partial charge in [-0.1, -0.05) is 6.92 Å². The second-order valence-corrected chi connectivity index (χ2v) is 8.27. The number of nitrogens with one attached hydrogen (secondary N) is 1. The number of carbonyl (C=O) groups excluding carboxylic acids is 1. The third-order valence-corrected chi connectivity index (χ3v) is 6.27. The van der Waals surface area contributed by atoms with Gasteiger partial charge in [-0.15, -0.1) is 0 Å². The van der Waals surface area contributed by atoms with E-state index in [0.29, 0.717) is 12.0 Å². The van der Waals surface area contributed by atoms with Gasteiger partial charge in [-0.05, 0) is 63.8 Å². The first kappa shape index (κ1) is 18.4. The Bertz CT molecular complexity index is 795. The van der Waals surface area contributed by atoms with E-state index in [-0.39, 0.29) is 11.9 Å². The van der Waals surface area contributed by atoms with Crippen LogP contribution in [-0.4, -0.2) is 69.6 Å². The largest absolute Gasteiger partial charge is 0.350 e. The van der Waals surface area contributed by atoms with Crippen LogP contribution in [0.3, 0.4) is 0 Å². The topological polar surface area (TPSA) is 65.8 Å². The summed E-state index contributed by atoms with van der Waals surface area (Å²) in [6, 6.07) is 1.84. The van der Waals surface area contributed by atoms with Gasteiger partial charge in [-0.2, -0.15) is 5.10 Å². The summed E-state index contributed by atoms with van der Waals surface area (Å²) in [5.41, 5.74) is 2.08. The van der Waals surface area contributed by atoms with Gasteiger partial charge in [0.05, 0.1) is 12.2 Å². The number of carbonyl (C=O) groups is 1. The SMILES string of the molecule is CCCN1CC2(CCN(C)CC2)CC1C(=O)NCc1cnn2cccnc12. The number of aromatic nitrogens is 3. The minimum Gasteiger partial charge on any atom is -0.350 e. The Morgan fingerprint density at radius 2 is 2.19 bits per heavy atom. The van der Waals surface area contributed by atoms with Crippen molar-refractivity contribution in [2.75, 3.05) is 33.2 Å². The van der Waals surface area contributed by atoms with E-state index in [4.69, 9.17) is 0 Å². The standard InChI is InChI=1S/C20H30N6O/c1-3-8-25-15-20(5-10-24(2)11-6-20)12-17(25)19(27)22-13-16-14-23-26-9-4-7-21-18(16)26/h4,7,9,14,17H,3,5-6,8,10-13,15H2,1-2H3,(H,22,27). The highest BCUT2D eigenvalue weighted by atomic mass is 16.2. The maximum Gasteiger partial charge on any atom is 0.237 e. The Balaban J connectivity index is 1.43. The lowest BCUT2D eigenvalue weighted by molar-refractivity contribution is -0.125. The molecule has 1 spiro atoms. The number of rotatable bonds is 5. The average molecular weight is 371 g/mol. The van der Waals surface area contributed by atoms with Crippen molar-refractivity contribution in [3.63, 3.8) is 0 Å². The molecule has 0 radical (unpaired) electrons. The highest BCUT2D eigenvalue weighted by Crippen LogP contribution is 2.43. The molecule has 0 aliphatic carbocycles. The monoisotopic (exact) mass is 370 g/mol. The Morgan fingerprint density at radius 3 is 2.96 bits per heavy atom. The average Bonchev–Trinajstić information content (AvgIpc) is 3.25. The first-order valence-electron chi connectivity index (χ1n) is 10.1. The molecular weight excluding hydrogens is 340 g/mol. The molecule has 7 nitrogen and oxygen atoms in total. The molecule has 2 aromatic rings. The summed E-state index contributed by atoms with van der Waals surface area (Å²) >= 11 is 0. The van der Waals surface area contributed by atoms with E-state index in [1.807, 2.05) is 12.3 Å². The molecule has 2 saturated heterocycles. The summed E-state index contributed by atoms with van der Waals surface area (Å²) in [5.74, 6) is 0.148. The molecule has 7 heteroatoms. The molecule has 2 fully saturated rings. The molecular formula is C20H30N6O. The van der Waals surface area contributed by atoms with E-state index in [9.17, 15) is 4.79 Å². The molecule has 1 unspecified atom stereocenters. The maximum absolute atomic E-state index is 13.0.